The fraction of sp³-hybridized carbons (Fsp3) is 0.158. The van der Waals surface area contributed by atoms with Crippen molar-refractivity contribution in [2.45, 2.75) is 6.61 Å². The van der Waals surface area contributed by atoms with Crippen molar-refractivity contribution in [3.63, 3.8) is 0 Å². The molecule has 1 aromatic carbocycles. The molecule has 122 valence electrons. The van der Waals surface area contributed by atoms with Crippen LogP contribution < -0.4 is 9.47 Å². The molecule has 0 N–H and O–H groups in total. The number of hydrogen-bond acceptors (Lipinski definition) is 5. The van der Waals surface area contributed by atoms with Crippen molar-refractivity contribution < 1.29 is 14.2 Å². The Morgan fingerprint density at radius 2 is 1.75 bits per heavy atom. The molecule has 0 spiro atoms. The quantitative estimate of drug-likeness (QED) is 0.684. The SMILES string of the molecule is COCc1ccc(Oc2ncccc2-c2cnccc2OC)cc1. The van der Waals surface area contributed by atoms with Crippen molar-refractivity contribution in [1.29, 1.82) is 0 Å². The van der Waals surface area contributed by atoms with Crippen LogP contribution in [-0.4, -0.2) is 24.2 Å². The van der Waals surface area contributed by atoms with Gasteiger partial charge in [-0.05, 0) is 35.9 Å². The third-order valence-corrected chi connectivity index (χ3v) is 3.51. The molecule has 2 aromatic heterocycles. The topological polar surface area (TPSA) is 53.5 Å². The van der Waals surface area contributed by atoms with Gasteiger partial charge in [-0.25, -0.2) is 4.98 Å². The molecule has 0 saturated heterocycles. The molecule has 3 aromatic rings. The Morgan fingerprint density at radius 1 is 0.917 bits per heavy atom. The summed E-state index contributed by atoms with van der Waals surface area (Å²) >= 11 is 0. The summed E-state index contributed by atoms with van der Waals surface area (Å²) in [7, 11) is 3.30. The van der Waals surface area contributed by atoms with Gasteiger partial charge >= 0.3 is 0 Å². The maximum absolute atomic E-state index is 5.96. The molecule has 0 atom stereocenters. The van der Waals surface area contributed by atoms with Gasteiger partial charge in [-0.3, -0.25) is 4.98 Å². The van der Waals surface area contributed by atoms with Crippen LogP contribution in [0.2, 0.25) is 0 Å². The molecule has 0 amide bonds. The van der Waals surface area contributed by atoms with Crippen LogP contribution in [0.15, 0.2) is 61.1 Å². The first-order chi connectivity index (χ1) is 11.8. The number of methoxy groups -OCH3 is 2. The highest BCUT2D eigenvalue weighted by atomic mass is 16.5. The van der Waals surface area contributed by atoms with Crippen molar-refractivity contribution in [2.24, 2.45) is 0 Å². The van der Waals surface area contributed by atoms with E-state index >= 15 is 0 Å². The molecule has 5 nitrogen and oxygen atoms in total. The number of nitrogens with zero attached hydrogens (tertiary/aromatic N) is 2. The van der Waals surface area contributed by atoms with Crippen molar-refractivity contribution >= 4 is 0 Å². The third-order valence-electron chi connectivity index (χ3n) is 3.51. The van der Waals surface area contributed by atoms with Crippen LogP contribution in [0.4, 0.5) is 0 Å². The van der Waals surface area contributed by atoms with Crippen LogP contribution >= 0.6 is 0 Å². The summed E-state index contributed by atoms with van der Waals surface area (Å²) in [5.74, 6) is 1.93. The minimum absolute atomic E-state index is 0.503. The molecule has 0 fully saturated rings. The molecule has 5 heteroatoms. The van der Waals surface area contributed by atoms with Crippen LogP contribution in [0, 0.1) is 0 Å². The Kier molecular flexibility index (Phi) is 5.03. The molecule has 24 heavy (non-hydrogen) atoms. The number of benzene rings is 1. The maximum atomic E-state index is 5.96. The van der Waals surface area contributed by atoms with E-state index in [2.05, 4.69) is 9.97 Å². The zero-order chi connectivity index (χ0) is 16.8. The number of pyridine rings is 2. The van der Waals surface area contributed by atoms with E-state index in [0.717, 1.165) is 22.4 Å². The van der Waals surface area contributed by atoms with Gasteiger partial charge < -0.3 is 14.2 Å². The Labute approximate surface area is 140 Å². The van der Waals surface area contributed by atoms with Crippen LogP contribution in [0.1, 0.15) is 5.56 Å². The van der Waals surface area contributed by atoms with Crippen LogP contribution in [0.3, 0.4) is 0 Å². The number of rotatable bonds is 6. The second-order valence-corrected chi connectivity index (χ2v) is 5.11. The molecule has 0 aliphatic carbocycles. The third kappa shape index (κ3) is 3.52. The van der Waals surface area contributed by atoms with Gasteiger partial charge in [0.2, 0.25) is 5.88 Å². The second-order valence-electron chi connectivity index (χ2n) is 5.11. The van der Waals surface area contributed by atoms with E-state index in [-0.39, 0.29) is 0 Å². The molecule has 0 aliphatic heterocycles. The van der Waals surface area contributed by atoms with Gasteiger partial charge in [0.05, 0.1) is 13.7 Å². The molecule has 3 rings (SSSR count). The zero-order valence-electron chi connectivity index (χ0n) is 13.6. The van der Waals surface area contributed by atoms with Crippen molar-refractivity contribution in [2.75, 3.05) is 14.2 Å². The van der Waals surface area contributed by atoms with E-state index in [1.54, 1.807) is 32.8 Å². The maximum Gasteiger partial charge on any atom is 0.227 e. The average Bonchev–Trinajstić information content (AvgIpc) is 2.64. The summed E-state index contributed by atoms with van der Waals surface area (Å²) in [5, 5.41) is 0. The van der Waals surface area contributed by atoms with Gasteiger partial charge in [0.1, 0.15) is 11.5 Å². The summed E-state index contributed by atoms with van der Waals surface area (Å²) in [5.41, 5.74) is 2.74. The molecule has 0 radical (unpaired) electrons. The van der Waals surface area contributed by atoms with Crippen LogP contribution in [0.25, 0.3) is 11.1 Å². The fourth-order valence-corrected chi connectivity index (χ4v) is 2.37. The lowest BCUT2D eigenvalue weighted by atomic mass is 10.1. The van der Waals surface area contributed by atoms with Gasteiger partial charge in [0.25, 0.3) is 0 Å². The normalized spacial score (nSPS) is 10.4. The van der Waals surface area contributed by atoms with Crippen LogP contribution in [-0.2, 0) is 11.3 Å². The van der Waals surface area contributed by atoms with E-state index < -0.39 is 0 Å². The molecule has 0 saturated carbocycles. The van der Waals surface area contributed by atoms with Crippen molar-refractivity contribution in [1.82, 2.24) is 9.97 Å². The lowest BCUT2D eigenvalue weighted by Crippen LogP contribution is -1.95. The van der Waals surface area contributed by atoms with Gasteiger partial charge in [-0.15, -0.1) is 0 Å². The first kappa shape index (κ1) is 16.0. The lowest BCUT2D eigenvalue weighted by Gasteiger charge is -2.12. The molecule has 2 heterocycles. The lowest BCUT2D eigenvalue weighted by molar-refractivity contribution is 0.185. The highest BCUT2D eigenvalue weighted by Gasteiger charge is 2.13. The predicted octanol–water partition coefficient (Wildman–Crippen LogP) is 4.09. The first-order valence-electron chi connectivity index (χ1n) is 7.51. The van der Waals surface area contributed by atoms with Crippen molar-refractivity contribution in [3.05, 3.63) is 66.6 Å². The molecular formula is C19H18N2O3. The standard InChI is InChI=1S/C19H18N2O3/c1-22-13-14-5-7-15(8-6-14)24-19-16(4-3-10-21-19)17-12-20-11-9-18(17)23-2/h3-12H,13H2,1-2H3. The minimum Gasteiger partial charge on any atom is -0.496 e. The van der Waals surface area contributed by atoms with E-state index in [4.69, 9.17) is 14.2 Å². The van der Waals surface area contributed by atoms with Gasteiger partial charge in [-0.1, -0.05) is 12.1 Å². The summed E-state index contributed by atoms with van der Waals surface area (Å²) in [6.07, 6.45) is 5.12. The largest absolute Gasteiger partial charge is 0.496 e. The Morgan fingerprint density at radius 3 is 2.50 bits per heavy atom. The number of hydrogen-bond donors (Lipinski definition) is 0. The van der Waals surface area contributed by atoms with Crippen molar-refractivity contribution in [3.8, 4) is 28.5 Å². The summed E-state index contributed by atoms with van der Waals surface area (Å²) < 4.78 is 16.5. The number of aromatic nitrogens is 2. The smallest absolute Gasteiger partial charge is 0.227 e. The number of ether oxygens (including phenoxy) is 3. The molecule has 0 aliphatic rings. The summed E-state index contributed by atoms with van der Waals surface area (Å²) in [4.78, 5) is 8.53. The highest BCUT2D eigenvalue weighted by molar-refractivity contribution is 5.73. The predicted molar refractivity (Wildman–Crippen MR) is 91.2 cm³/mol. The van der Waals surface area contributed by atoms with Gasteiger partial charge in [0, 0.05) is 36.8 Å². The molecule has 0 unspecified atom stereocenters. The second kappa shape index (κ2) is 7.57. The summed E-state index contributed by atoms with van der Waals surface area (Å²) in [6.45, 7) is 0.571. The minimum atomic E-state index is 0.503. The van der Waals surface area contributed by atoms with E-state index in [1.165, 1.54) is 0 Å². The average molecular weight is 322 g/mol. The monoisotopic (exact) mass is 322 g/mol. The first-order valence-corrected chi connectivity index (χ1v) is 7.51. The van der Waals surface area contributed by atoms with E-state index in [0.29, 0.717) is 18.2 Å². The zero-order valence-corrected chi connectivity index (χ0v) is 13.6. The summed E-state index contributed by atoms with van der Waals surface area (Å²) in [6, 6.07) is 13.3. The van der Waals surface area contributed by atoms with Gasteiger partial charge in [-0.2, -0.15) is 0 Å². The van der Waals surface area contributed by atoms with E-state index in [9.17, 15) is 0 Å². The highest BCUT2D eigenvalue weighted by Crippen LogP contribution is 2.36. The Hall–Kier alpha value is -2.92. The van der Waals surface area contributed by atoms with E-state index in [1.807, 2.05) is 42.5 Å². The Balaban J connectivity index is 1.92. The molecular weight excluding hydrogens is 304 g/mol. The fourth-order valence-electron chi connectivity index (χ4n) is 2.37. The molecule has 0 bridgehead atoms. The van der Waals surface area contributed by atoms with Gasteiger partial charge in [0.15, 0.2) is 0 Å². The Bertz CT molecular complexity index is 804. The van der Waals surface area contributed by atoms with Crippen LogP contribution in [0.5, 0.6) is 17.4 Å².